The Kier molecular flexibility index (Phi) is 4.17. The Labute approximate surface area is 115 Å². The van der Waals surface area contributed by atoms with Crippen molar-refractivity contribution in [3.63, 3.8) is 0 Å². The van der Waals surface area contributed by atoms with E-state index < -0.39 is 5.82 Å². The summed E-state index contributed by atoms with van der Waals surface area (Å²) in [7, 11) is 0. The molecule has 0 heterocycles. The van der Waals surface area contributed by atoms with Gasteiger partial charge in [-0.3, -0.25) is 4.79 Å². The van der Waals surface area contributed by atoms with Crippen molar-refractivity contribution in [3.05, 3.63) is 64.4 Å². The fourth-order valence-corrected chi connectivity index (χ4v) is 1.66. The van der Waals surface area contributed by atoms with Crippen molar-refractivity contribution in [2.45, 2.75) is 6.92 Å². The molecule has 0 aromatic heterocycles. The summed E-state index contributed by atoms with van der Waals surface area (Å²) in [6, 6.07) is 11.1. The summed E-state index contributed by atoms with van der Waals surface area (Å²) in [5.41, 5.74) is 0.812. The topological polar surface area (TPSA) is 26.3 Å². The van der Waals surface area contributed by atoms with E-state index in [1.54, 1.807) is 43.3 Å². The molecule has 0 bridgehead atoms. The third-order valence-electron chi connectivity index (χ3n) is 2.68. The molecule has 2 rings (SSSR count). The number of ketones is 1. The molecule has 0 radical (unpaired) electrons. The van der Waals surface area contributed by atoms with Crippen LogP contribution in [0.25, 0.3) is 0 Å². The van der Waals surface area contributed by atoms with Gasteiger partial charge in [-0.25, -0.2) is 4.39 Å². The maximum absolute atomic E-state index is 13.3. The lowest BCUT2D eigenvalue weighted by Crippen LogP contribution is -2.12. The predicted octanol–water partition coefficient (Wildman–Crippen LogP) is 4.05. The van der Waals surface area contributed by atoms with Gasteiger partial charge in [0.15, 0.2) is 12.4 Å². The van der Waals surface area contributed by atoms with Crippen LogP contribution in [0.2, 0.25) is 5.02 Å². The molecule has 0 fully saturated rings. The molecule has 2 nitrogen and oxygen atoms in total. The number of hydrogen-bond donors (Lipinski definition) is 0. The van der Waals surface area contributed by atoms with Gasteiger partial charge in [-0.05, 0) is 42.8 Å². The van der Waals surface area contributed by atoms with Crippen LogP contribution in [0.1, 0.15) is 15.9 Å². The lowest BCUT2D eigenvalue weighted by atomic mass is 10.1. The highest BCUT2D eigenvalue weighted by Gasteiger charge is 2.09. The highest BCUT2D eigenvalue weighted by Crippen LogP contribution is 2.16. The zero-order chi connectivity index (χ0) is 13.8. The molecule has 19 heavy (non-hydrogen) atoms. The van der Waals surface area contributed by atoms with Crippen molar-refractivity contribution in [2.24, 2.45) is 0 Å². The van der Waals surface area contributed by atoms with Gasteiger partial charge < -0.3 is 4.74 Å². The van der Waals surface area contributed by atoms with Crippen LogP contribution in [0.3, 0.4) is 0 Å². The summed E-state index contributed by atoms with van der Waals surface area (Å²) in [6.45, 7) is 1.51. The Morgan fingerprint density at radius 3 is 2.53 bits per heavy atom. The summed E-state index contributed by atoms with van der Waals surface area (Å²) in [4.78, 5) is 11.8. The van der Waals surface area contributed by atoms with Crippen molar-refractivity contribution in [1.29, 1.82) is 0 Å². The number of ether oxygens (including phenoxy) is 1. The van der Waals surface area contributed by atoms with Crippen molar-refractivity contribution in [2.75, 3.05) is 6.61 Å². The van der Waals surface area contributed by atoms with Gasteiger partial charge in [-0.2, -0.15) is 0 Å². The minimum atomic E-state index is -0.391. The summed E-state index contributed by atoms with van der Waals surface area (Å²) < 4.78 is 18.7. The molecular formula is C15H12ClFO2. The number of carbonyl (C=O) groups excluding carboxylic acids is 1. The third kappa shape index (κ3) is 3.55. The number of aryl methyl sites for hydroxylation is 1. The second-order valence-corrected chi connectivity index (χ2v) is 4.57. The number of Topliss-reactive ketones (excluding diaryl/α,β-unsaturated/α-hetero) is 1. The van der Waals surface area contributed by atoms with Gasteiger partial charge in [0.05, 0.1) is 0 Å². The van der Waals surface area contributed by atoms with E-state index in [9.17, 15) is 9.18 Å². The van der Waals surface area contributed by atoms with Gasteiger partial charge in [0.2, 0.25) is 0 Å². The first-order valence-corrected chi connectivity index (χ1v) is 6.12. The van der Waals surface area contributed by atoms with E-state index >= 15 is 0 Å². The molecule has 2 aromatic rings. The Hall–Kier alpha value is -1.87. The molecule has 0 amide bonds. The molecule has 0 saturated heterocycles. The van der Waals surface area contributed by atoms with Crippen LogP contribution in [-0.2, 0) is 0 Å². The first-order valence-electron chi connectivity index (χ1n) is 5.74. The summed E-state index contributed by atoms with van der Waals surface area (Å²) in [5.74, 6) is -0.114. The van der Waals surface area contributed by atoms with Crippen molar-refractivity contribution in [3.8, 4) is 5.75 Å². The number of benzene rings is 2. The number of hydrogen-bond acceptors (Lipinski definition) is 2. The molecular weight excluding hydrogens is 267 g/mol. The number of halogens is 2. The molecule has 0 spiro atoms. The SMILES string of the molecule is Cc1ccc(C(=O)COc2ccc(Cl)cc2)cc1F. The quantitative estimate of drug-likeness (QED) is 0.789. The zero-order valence-corrected chi connectivity index (χ0v) is 11.1. The molecule has 4 heteroatoms. The minimum Gasteiger partial charge on any atom is -0.485 e. The Balaban J connectivity index is 2.01. The second kappa shape index (κ2) is 5.85. The molecule has 0 aliphatic rings. The average molecular weight is 279 g/mol. The smallest absolute Gasteiger partial charge is 0.200 e. The monoisotopic (exact) mass is 278 g/mol. The first kappa shape index (κ1) is 13.6. The van der Waals surface area contributed by atoms with E-state index in [1.165, 1.54) is 6.07 Å². The third-order valence-corrected chi connectivity index (χ3v) is 2.93. The van der Waals surface area contributed by atoms with Gasteiger partial charge in [0.1, 0.15) is 11.6 Å². The van der Waals surface area contributed by atoms with Gasteiger partial charge in [0.25, 0.3) is 0 Å². The van der Waals surface area contributed by atoms with E-state index in [0.717, 1.165) is 0 Å². The average Bonchev–Trinajstić information content (AvgIpc) is 2.41. The normalized spacial score (nSPS) is 10.3. The van der Waals surface area contributed by atoms with E-state index in [1.807, 2.05) is 0 Å². The fourth-order valence-electron chi connectivity index (χ4n) is 1.53. The first-order chi connectivity index (χ1) is 9.06. The van der Waals surface area contributed by atoms with E-state index in [-0.39, 0.29) is 12.4 Å². The summed E-state index contributed by atoms with van der Waals surface area (Å²) in [6.07, 6.45) is 0. The summed E-state index contributed by atoms with van der Waals surface area (Å²) in [5, 5.41) is 0.597. The maximum Gasteiger partial charge on any atom is 0.200 e. The second-order valence-electron chi connectivity index (χ2n) is 4.13. The number of carbonyl (C=O) groups is 1. The van der Waals surface area contributed by atoms with Crippen LogP contribution < -0.4 is 4.74 Å². The van der Waals surface area contributed by atoms with Crippen molar-refractivity contribution < 1.29 is 13.9 Å². The van der Waals surface area contributed by atoms with E-state index in [4.69, 9.17) is 16.3 Å². The van der Waals surface area contributed by atoms with Crippen LogP contribution in [0.4, 0.5) is 4.39 Å². The van der Waals surface area contributed by atoms with Crippen molar-refractivity contribution in [1.82, 2.24) is 0 Å². The maximum atomic E-state index is 13.3. The standard InChI is InChI=1S/C15H12ClFO2/c1-10-2-3-11(8-14(10)17)15(18)9-19-13-6-4-12(16)5-7-13/h2-8H,9H2,1H3. The lowest BCUT2D eigenvalue weighted by molar-refractivity contribution is 0.0921. The van der Waals surface area contributed by atoms with Crippen LogP contribution in [0.5, 0.6) is 5.75 Å². The van der Waals surface area contributed by atoms with Gasteiger partial charge in [-0.15, -0.1) is 0 Å². The van der Waals surface area contributed by atoms with Crippen LogP contribution in [0.15, 0.2) is 42.5 Å². The van der Waals surface area contributed by atoms with Gasteiger partial charge >= 0.3 is 0 Å². The summed E-state index contributed by atoms with van der Waals surface area (Å²) >= 11 is 5.74. The molecule has 0 unspecified atom stereocenters. The minimum absolute atomic E-state index is 0.135. The zero-order valence-electron chi connectivity index (χ0n) is 10.3. The Morgan fingerprint density at radius 2 is 1.89 bits per heavy atom. The van der Waals surface area contributed by atoms with Gasteiger partial charge in [-0.1, -0.05) is 23.7 Å². The number of rotatable bonds is 4. The van der Waals surface area contributed by atoms with E-state index in [2.05, 4.69) is 0 Å². The van der Waals surface area contributed by atoms with Gasteiger partial charge in [0, 0.05) is 10.6 Å². The molecule has 0 aliphatic heterocycles. The Morgan fingerprint density at radius 1 is 1.21 bits per heavy atom. The molecule has 98 valence electrons. The molecule has 0 N–H and O–H groups in total. The van der Waals surface area contributed by atoms with Crippen molar-refractivity contribution >= 4 is 17.4 Å². The molecule has 0 aliphatic carbocycles. The van der Waals surface area contributed by atoms with E-state index in [0.29, 0.717) is 21.9 Å². The highest BCUT2D eigenvalue weighted by molar-refractivity contribution is 6.30. The Bertz CT molecular complexity index is 594. The highest BCUT2D eigenvalue weighted by atomic mass is 35.5. The van der Waals surface area contributed by atoms with Crippen LogP contribution in [-0.4, -0.2) is 12.4 Å². The largest absolute Gasteiger partial charge is 0.485 e. The predicted molar refractivity (Wildman–Crippen MR) is 72.4 cm³/mol. The molecule has 2 aromatic carbocycles. The van der Waals surface area contributed by atoms with Crippen LogP contribution in [0, 0.1) is 12.7 Å². The lowest BCUT2D eigenvalue weighted by Gasteiger charge is -2.06. The molecule has 0 atom stereocenters. The fraction of sp³-hybridized carbons (Fsp3) is 0.133. The van der Waals surface area contributed by atoms with Crippen LogP contribution >= 0.6 is 11.6 Å². The molecule has 0 saturated carbocycles.